The van der Waals surface area contributed by atoms with Gasteiger partial charge in [0.2, 0.25) is 5.91 Å². The number of nitrogens with zero attached hydrogens (tertiary/aromatic N) is 2. The summed E-state index contributed by atoms with van der Waals surface area (Å²) in [5.41, 5.74) is 2.11. The summed E-state index contributed by atoms with van der Waals surface area (Å²) in [5.74, 6) is -0.0291. The van der Waals surface area contributed by atoms with Crippen LogP contribution in [0.5, 0.6) is 5.75 Å². The monoisotopic (exact) mass is 411 g/mol. The van der Waals surface area contributed by atoms with Gasteiger partial charge in [-0.3, -0.25) is 4.79 Å². The van der Waals surface area contributed by atoms with Crippen LogP contribution in [-0.4, -0.2) is 42.2 Å². The second-order valence-corrected chi connectivity index (χ2v) is 9.33. The fraction of sp³-hybridized carbons (Fsp3) is 0.444. The molecule has 0 saturated carbocycles. The second kappa shape index (κ2) is 6.84. The van der Waals surface area contributed by atoms with E-state index in [1.807, 2.05) is 0 Å². The van der Waals surface area contributed by atoms with Crippen LogP contribution in [0.4, 0.5) is 14.6 Å². The lowest BCUT2D eigenvalue weighted by molar-refractivity contribution is -0.116. The van der Waals surface area contributed by atoms with Crippen molar-refractivity contribution in [2.45, 2.75) is 38.3 Å². The Hall–Kier alpha value is -2.49. The second-order valence-electron chi connectivity index (χ2n) is 7.11. The number of amides is 1. The summed E-state index contributed by atoms with van der Waals surface area (Å²) in [6.45, 7) is -1.14. The number of halogens is 2. The number of rotatable bonds is 4. The Balaban J connectivity index is 1.75. The molecule has 1 aromatic carbocycles. The first-order valence-corrected chi connectivity index (χ1v) is 10.7. The molecule has 0 bridgehead atoms. The van der Waals surface area contributed by atoms with Crippen LogP contribution in [0, 0.1) is 6.92 Å². The van der Waals surface area contributed by atoms with Crippen molar-refractivity contribution in [1.29, 1.82) is 0 Å². The van der Waals surface area contributed by atoms with E-state index in [0.29, 0.717) is 23.5 Å². The van der Waals surface area contributed by atoms with Gasteiger partial charge < -0.3 is 10.1 Å². The van der Waals surface area contributed by atoms with Crippen LogP contribution in [0.2, 0.25) is 0 Å². The topological polar surface area (TPSA) is 90.3 Å². The molecule has 28 heavy (non-hydrogen) atoms. The van der Waals surface area contributed by atoms with Crippen LogP contribution in [-0.2, 0) is 14.6 Å². The summed E-state index contributed by atoms with van der Waals surface area (Å²) < 4.78 is 54.9. The summed E-state index contributed by atoms with van der Waals surface area (Å²) in [4.78, 5) is 12.4. The minimum Gasteiger partial charge on any atom is -0.435 e. The maximum Gasteiger partial charge on any atom is 0.387 e. The molecule has 4 rings (SSSR count). The molecule has 1 N–H and O–H groups in total. The molecule has 1 saturated heterocycles. The lowest BCUT2D eigenvalue weighted by atomic mass is 9.85. The van der Waals surface area contributed by atoms with Gasteiger partial charge >= 0.3 is 6.61 Å². The predicted molar refractivity (Wildman–Crippen MR) is 97.4 cm³/mol. The van der Waals surface area contributed by atoms with E-state index >= 15 is 0 Å². The van der Waals surface area contributed by atoms with Gasteiger partial charge in [-0.1, -0.05) is 12.1 Å². The number of fused-ring (bicyclic) bond motifs is 1. The van der Waals surface area contributed by atoms with Crippen LogP contribution in [0.15, 0.2) is 24.3 Å². The van der Waals surface area contributed by atoms with Crippen molar-refractivity contribution < 1.29 is 26.7 Å². The van der Waals surface area contributed by atoms with Gasteiger partial charge in [-0.05, 0) is 31.0 Å². The highest BCUT2D eigenvalue weighted by Gasteiger charge is 2.37. The van der Waals surface area contributed by atoms with Crippen molar-refractivity contribution in [3.63, 3.8) is 0 Å². The Bertz CT molecular complexity index is 1040. The number of nitrogens with one attached hydrogen (secondary N) is 1. The number of alkyl halides is 2. The quantitative estimate of drug-likeness (QED) is 0.835. The summed E-state index contributed by atoms with van der Waals surface area (Å²) in [5, 5.41) is 7.32. The molecular formula is C18H19F2N3O4S. The molecule has 7 nitrogen and oxygen atoms in total. The van der Waals surface area contributed by atoms with E-state index < -0.39 is 16.4 Å². The van der Waals surface area contributed by atoms with Crippen LogP contribution in [0.3, 0.4) is 0 Å². The van der Waals surface area contributed by atoms with Gasteiger partial charge in [-0.15, -0.1) is 0 Å². The van der Waals surface area contributed by atoms with Gasteiger partial charge in [-0.25, -0.2) is 13.1 Å². The molecule has 0 aliphatic carbocycles. The molecule has 2 aliphatic heterocycles. The number of sulfone groups is 1. The van der Waals surface area contributed by atoms with Gasteiger partial charge in [-0.2, -0.15) is 13.9 Å². The molecular weight excluding hydrogens is 392 g/mol. The number of aryl methyl sites for hydroxylation is 1. The van der Waals surface area contributed by atoms with E-state index in [2.05, 4.69) is 15.2 Å². The molecule has 2 atom stereocenters. The minimum absolute atomic E-state index is 0.0151. The molecule has 2 aliphatic rings. The highest BCUT2D eigenvalue weighted by Crippen LogP contribution is 2.42. The van der Waals surface area contributed by atoms with Crippen molar-refractivity contribution in [3.05, 3.63) is 41.1 Å². The third kappa shape index (κ3) is 3.48. The molecule has 3 heterocycles. The number of hydrogen-bond acceptors (Lipinski definition) is 5. The summed E-state index contributed by atoms with van der Waals surface area (Å²) in [6.07, 6.45) is 0.578. The van der Waals surface area contributed by atoms with E-state index in [-0.39, 0.29) is 41.5 Å². The molecule has 2 aromatic rings. The Labute approximate surface area is 160 Å². The van der Waals surface area contributed by atoms with Crippen molar-refractivity contribution in [2.24, 2.45) is 0 Å². The number of anilines is 1. The van der Waals surface area contributed by atoms with Crippen LogP contribution in [0.1, 0.15) is 41.6 Å². The molecule has 0 unspecified atom stereocenters. The lowest BCUT2D eigenvalue weighted by Gasteiger charge is -2.25. The standard InChI is InChI=1S/C18H19F2N3O4S/c1-10-16-14(11-3-2-4-13(7-11)27-18(19)20)8-15(24)21-17(16)23(22-10)12-5-6-28(25,26)9-12/h2-4,7,12,14,18H,5-6,8-9H2,1H3,(H,21,24)/t12-,14-/m1/s1. The van der Waals surface area contributed by atoms with E-state index in [0.717, 1.165) is 5.56 Å². The van der Waals surface area contributed by atoms with Gasteiger partial charge in [0.15, 0.2) is 9.84 Å². The van der Waals surface area contributed by atoms with Gasteiger partial charge in [0, 0.05) is 17.9 Å². The van der Waals surface area contributed by atoms with E-state index in [4.69, 9.17) is 0 Å². The Morgan fingerprint density at radius 1 is 1.36 bits per heavy atom. The maximum absolute atomic E-state index is 12.5. The predicted octanol–water partition coefficient (Wildman–Crippen LogP) is 2.63. The van der Waals surface area contributed by atoms with Gasteiger partial charge in [0.1, 0.15) is 11.6 Å². The molecule has 0 radical (unpaired) electrons. The first kappa shape index (κ1) is 18.9. The Morgan fingerprint density at radius 2 is 2.14 bits per heavy atom. The first-order chi connectivity index (χ1) is 13.2. The van der Waals surface area contributed by atoms with Crippen LogP contribution >= 0.6 is 0 Å². The maximum atomic E-state index is 12.5. The SMILES string of the molecule is Cc1nn([C@@H]2CCS(=O)(=O)C2)c2c1[C@@H](c1cccc(OC(F)F)c1)CC(=O)N2. The minimum atomic E-state index is -3.12. The zero-order valence-electron chi connectivity index (χ0n) is 15.1. The molecule has 1 fully saturated rings. The van der Waals surface area contributed by atoms with Crippen LogP contribution in [0.25, 0.3) is 0 Å². The normalized spacial score (nSPS) is 23.5. The largest absolute Gasteiger partial charge is 0.435 e. The number of carbonyl (C=O) groups is 1. The van der Waals surface area contributed by atoms with Gasteiger partial charge in [0.25, 0.3) is 0 Å². The zero-order valence-corrected chi connectivity index (χ0v) is 15.9. The average molecular weight is 411 g/mol. The molecule has 10 heteroatoms. The van der Waals surface area contributed by atoms with Crippen molar-refractivity contribution >= 4 is 21.6 Å². The Kier molecular flexibility index (Phi) is 4.60. The Morgan fingerprint density at radius 3 is 2.82 bits per heavy atom. The highest BCUT2D eigenvalue weighted by atomic mass is 32.2. The number of benzene rings is 1. The number of hydrogen-bond donors (Lipinski definition) is 1. The number of carbonyl (C=O) groups excluding carboxylic acids is 1. The summed E-state index contributed by atoms with van der Waals surface area (Å²) >= 11 is 0. The van der Waals surface area contributed by atoms with E-state index in [1.165, 1.54) is 12.1 Å². The third-order valence-corrected chi connectivity index (χ3v) is 6.92. The number of ether oxygens (including phenoxy) is 1. The average Bonchev–Trinajstić information content (AvgIpc) is 3.13. The molecule has 1 amide bonds. The summed E-state index contributed by atoms with van der Waals surface area (Å²) in [6, 6.07) is 5.94. The van der Waals surface area contributed by atoms with Crippen molar-refractivity contribution in [3.8, 4) is 5.75 Å². The van der Waals surface area contributed by atoms with E-state index in [9.17, 15) is 22.0 Å². The first-order valence-electron chi connectivity index (χ1n) is 8.87. The smallest absolute Gasteiger partial charge is 0.387 e. The third-order valence-electron chi connectivity index (χ3n) is 5.17. The fourth-order valence-electron chi connectivity index (χ4n) is 4.00. The van der Waals surface area contributed by atoms with Crippen molar-refractivity contribution in [2.75, 3.05) is 16.8 Å². The fourth-order valence-corrected chi connectivity index (χ4v) is 5.69. The van der Waals surface area contributed by atoms with Crippen molar-refractivity contribution in [1.82, 2.24) is 9.78 Å². The zero-order chi connectivity index (χ0) is 20.1. The van der Waals surface area contributed by atoms with E-state index in [1.54, 1.807) is 23.7 Å². The van der Waals surface area contributed by atoms with Crippen LogP contribution < -0.4 is 10.1 Å². The summed E-state index contributed by atoms with van der Waals surface area (Å²) in [7, 11) is -3.12. The lowest BCUT2D eigenvalue weighted by Crippen LogP contribution is -2.26. The molecule has 150 valence electrons. The number of aromatic nitrogens is 2. The molecule has 1 aromatic heterocycles. The molecule has 0 spiro atoms. The van der Waals surface area contributed by atoms with Gasteiger partial charge in [0.05, 0.1) is 23.2 Å². The highest BCUT2D eigenvalue weighted by molar-refractivity contribution is 7.91.